The van der Waals surface area contributed by atoms with Gasteiger partial charge in [0.1, 0.15) is 4.90 Å². The molecule has 0 spiro atoms. The molecule has 20 heavy (non-hydrogen) atoms. The van der Waals surface area contributed by atoms with Crippen LogP contribution in [-0.4, -0.2) is 18.6 Å². The molecule has 0 bridgehead atoms. The zero-order valence-electron chi connectivity index (χ0n) is 10.2. The van der Waals surface area contributed by atoms with Crippen LogP contribution in [0.3, 0.4) is 0 Å². The van der Waals surface area contributed by atoms with Crippen molar-refractivity contribution < 1.29 is 8.42 Å². The number of anilines is 1. The van der Waals surface area contributed by atoms with Crippen molar-refractivity contribution in [2.45, 2.75) is 4.90 Å². The molecule has 0 unspecified atom stereocenters. The monoisotopic (exact) mass is 307 g/mol. The zero-order valence-corrected chi connectivity index (χ0v) is 11.7. The predicted octanol–water partition coefficient (Wildman–Crippen LogP) is 3.02. The summed E-state index contributed by atoms with van der Waals surface area (Å²) in [7, 11) is -3.71. The van der Waals surface area contributed by atoms with Gasteiger partial charge in [0.15, 0.2) is 0 Å². The number of sulfonamides is 1. The maximum Gasteiger partial charge on any atom is 0.263 e. The maximum absolute atomic E-state index is 12.3. The molecule has 3 rings (SSSR count). The average Bonchev–Trinajstić information content (AvgIpc) is 2.86. The third kappa shape index (κ3) is 2.35. The minimum Gasteiger partial charge on any atom is -0.280 e. The topological polar surface area (TPSA) is 74.8 Å². The van der Waals surface area contributed by atoms with Crippen LogP contribution in [0.1, 0.15) is 0 Å². The smallest absolute Gasteiger partial charge is 0.263 e. The number of nitrogens with zero attached hydrogens (tertiary/aromatic N) is 1. The number of halogens is 1. The molecule has 0 fully saturated rings. The van der Waals surface area contributed by atoms with Gasteiger partial charge in [0.25, 0.3) is 10.0 Å². The van der Waals surface area contributed by atoms with E-state index in [9.17, 15) is 8.42 Å². The first-order valence-electron chi connectivity index (χ1n) is 5.77. The highest BCUT2D eigenvalue weighted by Gasteiger charge is 2.17. The molecule has 0 aliphatic carbocycles. The third-order valence-electron chi connectivity index (χ3n) is 2.82. The number of H-pyrrole nitrogens is 1. The lowest BCUT2D eigenvalue weighted by atomic mass is 10.2. The second kappa shape index (κ2) is 4.81. The Kier molecular flexibility index (Phi) is 3.11. The highest BCUT2D eigenvalue weighted by molar-refractivity contribution is 7.92. The molecule has 0 saturated heterocycles. The minimum absolute atomic E-state index is 0.0476. The van der Waals surface area contributed by atoms with Crippen molar-refractivity contribution in [1.29, 1.82) is 0 Å². The van der Waals surface area contributed by atoms with E-state index >= 15 is 0 Å². The third-order valence-corrected chi connectivity index (χ3v) is 4.70. The van der Waals surface area contributed by atoms with Crippen LogP contribution in [0, 0.1) is 0 Å². The van der Waals surface area contributed by atoms with Crippen molar-refractivity contribution in [2.24, 2.45) is 0 Å². The number of hydrogen-bond acceptors (Lipinski definition) is 3. The summed E-state index contributed by atoms with van der Waals surface area (Å²) in [5.41, 5.74) is 1.20. The van der Waals surface area contributed by atoms with E-state index in [0.29, 0.717) is 5.69 Å². The summed E-state index contributed by atoms with van der Waals surface area (Å²) in [6.07, 6.45) is 1.67. The molecule has 0 aliphatic heterocycles. The summed E-state index contributed by atoms with van der Waals surface area (Å²) >= 11 is 5.92. The van der Waals surface area contributed by atoms with Crippen LogP contribution in [-0.2, 0) is 10.0 Å². The van der Waals surface area contributed by atoms with E-state index in [0.717, 1.165) is 10.9 Å². The number of aromatic amines is 1. The van der Waals surface area contributed by atoms with Crippen LogP contribution in [0.25, 0.3) is 10.9 Å². The fraction of sp³-hybridized carbons (Fsp3) is 0. The molecule has 2 aromatic carbocycles. The molecular formula is C13H10ClN3O2S. The van der Waals surface area contributed by atoms with E-state index in [-0.39, 0.29) is 9.92 Å². The Hall–Kier alpha value is -2.05. The van der Waals surface area contributed by atoms with Gasteiger partial charge >= 0.3 is 0 Å². The Morgan fingerprint density at radius 3 is 2.75 bits per heavy atom. The summed E-state index contributed by atoms with van der Waals surface area (Å²) in [5.74, 6) is 0. The molecule has 0 aliphatic rings. The lowest BCUT2D eigenvalue weighted by Gasteiger charge is -2.09. The molecule has 1 heterocycles. The summed E-state index contributed by atoms with van der Waals surface area (Å²) in [4.78, 5) is 0.0476. The largest absolute Gasteiger partial charge is 0.280 e. The fourth-order valence-corrected chi connectivity index (χ4v) is 3.44. The standard InChI is InChI=1S/C13H10ClN3O2S/c14-11-3-1-2-4-13(11)20(18,19)17-10-6-5-9-8-15-16-12(9)7-10/h1-8,17H,(H,15,16). The number of hydrogen-bond donors (Lipinski definition) is 2. The fourth-order valence-electron chi connectivity index (χ4n) is 1.87. The molecule has 3 aromatic rings. The second-order valence-electron chi connectivity index (χ2n) is 4.21. The molecule has 102 valence electrons. The minimum atomic E-state index is -3.71. The first-order valence-corrected chi connectivity index (χ1v) is 7.63. The molecule has 5 nitrogen and oxygen atoms in total. The highest BCUT2D eigenvalue weighted by Crippen LogP contribution is 2.24. The van der Waals surface area contributed by atoms with Crippen molar-refractivity contribution in [3.63, 3.8) is 0 Å². The number of benzene rings is 2. The van der Waals surface area contributed by atoms with Gasteiger partial charge in [-0.25, -0.2) is 8.42 Å². The van der Waals surface area contributed by atoms with Crippen LogP contribution < -0.4 is 4.72 Å². The molecular weight excluding hydrogens is 298 g/mol. The quantitative estimate of drug-likeness (QED) is 0.781. The lowest BCUT2D eigenvalue weighted by Crippen LogP contribution is -2.13. The van der Waals surface area contributed by atoms with E-state index in [4.69, 9.17) is 11.6 Å². The van der Waals surface area contributed by atoms with Gasteiger partial charge in [0.2, 0.25) is 0 Å². The molecule has 0 radical (unpaired) electrons. The Morgan fingerprint density at radius 1 is 1.15 bits per heavy atom. The number of rotatable bonds is 3. The molecule has 7 heteroatoms. The summed E-state index contributed by atoms with van der Waals surface area (Å²) in [6.45, 7) is 0. The van der Waals surface area contributed by atoms with Gasteiger partial charge in [-0.1, -0.05) is 23.7 Å². The molecule has 0 atom stereocenters. The molecule has 1 aromatic heterocycles. The van der Waals surface area contributed by atoms with Gasteiger partial charge < -0.3 is 0 Å². The first-order chi connectivity index (χ1) is 9.56. The lowest BCUT2D eigenvalue weighted by molar-refractivity contribution is 0.601. The number of aromatic nitrogens is 2. The van der Waals surface area contributed by atoms with Crippen LogP contribution in [0.5, 0.6) is 0 Å². The Bertz CT molecular complexity index is 874. The average molecular weight is 308 g/mol. The maximum atomic E-state index is 12.3. The van der Waals surface area contributed by atoms with E-state index in [1.54, 1.807) is 36.5 Å². The van der Waals surface area contributed by atoms with Gasteiger partial charge in [-0.15, -0.1) is 0 Å². The van der Waals surface area contributed by atoms with Crippen molar-refractivity contribution in [1.82, 2.24) is 10.2 Å². The molecule has 0 saturated carbocycles. The normalized spacial score (nSPS) is 11.7. The van der Waals surface area contributed by atoms with Gasteiger partial charge in [0.05, 0.1) is 22.4 Å². The van der Waals surface area contributed by atoms with Crippen molar-refractivity contribution in [2.75, 3.05) is 4.72 Å². The van der Waals surface area contributed by atoms with E-state index < -0.39 is 10.0 Å². The predicted molar refractivity (Wildman–Crippen MR) is 78.4 cm³/mol. The Balaban J connectivity index is 1.99. The van der Waals surface area contributed by atoms with Gasteiger partial charge in [-0.05, 0) is 30.3 Å². The Morgan fingerprint density at radius 2 is 1.95 bits per heavy atom. The number of fused-ring (bicyclic) bond motifs is 1. The van der Waals surface area contributed by atoms with Crippen molar-refractivity contribution in [3.8, 4) is 0 Å². The van der Waals surface area contributed by atoms with E-state index in [1.165, 1.54) is 12.1 Å². The Labute approximate surface area is 120 Å². The van der Waals surface area contributed by atoms with Crippen molar-refractivity contribution in [3.05, 3.63) is 53.7 Å². The zero-order chi connectivity index (χ0) is 14.2. The van der Waals surface area contributed by atoms with E-state index in [1.807, 2.05) is 0 Å². The van der Waals surface area contributed by atoms with Crippen LogP contribution >= 0.6 is 11.6 Å². The number of nitrogens with one attached hydrogen (secondary N) is 2. The van der Waals surface area contributed by atoms with Crippen LogP contribution in [0.4, 0.5) is 5.69 Å². The summed E-state index contributed by atoms with van der Waals surface area (Å²) in [5, 5.41) is 7.76. The van der Waals surface area contributed by atoms with Gasteiger partial charge in [0, 0.05) is 5.39 Å². The summed E-state index contributed by atoms with van der Waals surface area (Å²) in [6, 6.07) is 11.4. The van der Waals surface area contributed by atoms with Crippen molar-refractivity contribution >= 4 is 38.2 Å². The van der Waals surface area contributed by atoms with Crippen LogP contribution in [0.2, 0.25) is 5.02 Å². The van der Waals surface area contributed by atoms with E-state index in [2.05, 4.69) is 14.9 Å². The van der Waals surface area contributed by atoms with Crippen LogP contribution in [0.15, 0.2) is 53.6 Å². The molecule has 2 N–H and O–H groups in total. The van der Waals surface area contributed by atoms with Gasteiger partial charge in [-0.2, -0.15) is 5.10 Å². The first kappa shape index (κ1) is 13.0. The second-order valence-corrected chi connectivity index (χ2v) is 6.27. The highest BCUT2D eigenvalue weighted by atomic mass is 35.5. The SMILES string of the molecule is O=S(=O)(Nc1ccc2cn[nH]c2c1)c1ccccc1Cl. The summed E-state index contributed by atoms with van der Waals surface area (Å²) < 4.78 is 27.0. The molecule has 0 amide bonds. The van der Waals surface area contributed by atoms with Gasteiger partial charge in [-0.3, -0.25) is 9.82 Å².